The van der Waals surface area contributed by atoms with Crippen molar-refractivity contribution in [1.29, 1.82) is 0 Å². The van der Waals surface area contributed by atoms with Crippen molar-refractivity contribution < 1.29 is 4.74 Å². The minimum atomic E-state index is 0.150. The summed E-state index contributed by atoms with van der Waals surface area (Å²) in [6.07, 6.45) is 3.94. The summed E-state index contributed by atoms with van der Waals surface area (Å²) >= 11 is 0. The molecule has 0 spiro atoms. The van der Waals surface area contributed by atoms with E-state index >= 15 is 0 Å². The summed E-state index contributed by atoms with van der Waals surface area (Å²) in [5.74, 6) is 0. The molecule has 0 bridgehead atoms. The lowest BCUT2D eigenvalue weighted by molar-refractivity contribution is 0.0286. The number of pyridine rings is 1. The van der Waals surface area contributed by atoms with Crippen LogP contribution in [0.4, 0.5) is 0 Å². The summed E-state index contributed by atoms with van der Waals surface area (Å²) in [5.41, 5.74) is 2.13. The van der Waals surface area contributed by atoms with Crippen molar-refractivity contribution in [3.05, 3.63) is 30.1 Å². The second-order valence-electron chi connectivity index (χ2n) is 3.71. The number of aromatic nitrogens is 2. The van der Waals surface area contributed by atoms with Gasteiger partial charge >= 0.3 is 0 Å². The molecule has 15 heavy (non-hydrogen) atoms. The fourth-order valence-electron chi connectivity index (χ4n) is 2.01. The van der Waals surface area contributed by atoms with E-state index in [1.165, 1.54) is 5.56 Å². The first-order chi connectivity index (χ1) is 7.45. The molecular formula is C11H13N3O. The molecule has 0 unspecified atom stereocenters. The summed E-state index contributed by atoms with van der Waals surface area (Å²) < 4.78 is 5.72. The number of aromatic amines is 1. The summed E-state index contributed by atoms with van der Waals surface area (Å²) in [7, 11) is 0. The number of nitrogens with one attached hydrogen (secondary N) is 2. The molecule has 4 nitrogen and oxygen atoms in total. The Kier molecular flexibility index (Phi) is 2.16. The number of H-pyrrole nitrogens is 1. The van der Waals surface area contributed by atoms with Gasteiger partial charge < -0.3 is 15.0 Å². The van der Waals surface area contributed by atoms with Gasteiger partial charge in [0.2, 0.25) is 0 Å². The maximum atomic E-state index is 5.72. The molecule has 0 saturated carbocycles. The van der Waals surface area contributed by atoms with Gasteiger partial charge in [-0.25, -0.2) is 4.98 Å². The first-order valence-corrected chi connectivity index (χ1v) is 5.19. The molecule has 0 radical (unpaired) electrons. The molecule has 2 N–H and O–H groups in total. The second kappa shape index (κ2) is 3.64. The highest BCUT2D eigenvalue weighted by Gasteiger charge is 2.18. The average molecular weight is 203 g/mol. The highest BCUT2D eigenvalue weighted by atomic mass is 16.5. The van der Waals surface area contributed by atoms with Gasteiger partial charge in [0.15, 0.2) is 0 Å². The molecule has 2 aromatic heterocycles. The van der Waals surface area contributed by atoms with Crippen LogP contribution in [0.3, 0.4) is 0 Å². The predicted octanol–water partition coefficient (Wildman–Crippen LogP) is 1.22. The number of nitrogens with zero attached hydrogens (tertiary/aromatic N) is 1. The molecule has 0 aliphatic carbocycles. The first kappa shape index (κ1) is 8.88. The Balaban J connectivity index is 2.02. The molecule has 78 valence electrons. The van der Waals surface area contributed by atoms with Crippen molar-refractivity contribution >= 4 is 11.0 Å². The lowest BCUT2D eigenvalue weighted by atomic mass is 10.1. The van der Waals surface area contributed by atoms with Crippen LogP contribution in [0.2, 0.25) is 0 Å². The van der Waals surface area contributed by atoms with E-state index in [2.05, 4.69) is 21.4 Å². The van der Waals surface area contributed by atoms with Crippen molar-refractivity contribution in [2.45, 2.75) is 6.10 Å². The highest BCUT2D eigenvalue weighted by molar-refractivity contribution is 5.79. The Morgan fingerprint density at radius 1 is 1.47 bits per heavy atom. The molecule has 4 heteroatoms. The molecule has 2 aromatic rings. The minimum Gasteiger partial charge on any atom is -0.371 e. The van der Waals surface area contributed by atoms with Crippen LogP contribution in [0, 0.1) is 0 Å². The Hall–Kier alpha value is -1.39. The van der Waals surface area contributed by atoms with Crippen molar-refractivity contribution in [3.63, 3.8) is 0 Å². The SMILES string of the molecule is c1cnc2[nH]cc([C@H]3CNCCO3)c2c1. The van der Waals surface area contributed by atoms with Gasteiger partial charge in [-0.1, -0.05) is 0 Å². The number of morpholine rings is 1. The van der Waals surface area contributed by atoms with Crippen LogP contribution >= 0.6 is 0 Å². The maximum Gasteiger partial charge on any atom is 0.137 e. The second-order valence-corrected chi connectivity index (χ2v) is 3.71. The molecular weight excluding hydrogens is 190 g/mol. The van der Waals surface area contributed by atoms with Crippen molar-refractivity contribution in [1.82, 2.24) is 15.3 Å². The van der Waals surface area contributed by atoms with E-state index in [-0.39, 0.29) is 6.10 Å². The predicted molar refractivity (Wildman–Crippen MR) is 57.7 cm³/mol. The van der Waals surface area contributed by atoms with Gasteiger partial charge in [-0.05, 0) is 12.1 Å². The van der Waals surface area contributed by atoms with Crippen LogP contribution < -0.4 is 5.32 Å². The summed E-state index contributed by atoms with van der Waals surface area (Å²) in [4.78, 5) is 7.43. The van der Waals surface area contributed by atoms with Gasteiger partial charge in [0.25, 0.3) is 0 Å². The molecule has 1 saturated heterocycles. The van der Waals surface area contributed by atoms with Crippen LogP contribution in [0.5, 0.6) is 0 Å². The number of hydrogen-bond donors (Lipinski definition) is 2. The monoisotopic (exact) mass is 203 g/mol. The normalized spacial score (nSPS) is 22.0. The van der Waals surface area contributed by atoms with Gasteiger partial charge in [-0.15, -0.1) is 0 Å². The minimum absolute atomic E-state index is 0.150. The van der Waals surface area contributed by atoms with Crippen LogP contribution in [0.15, 0.2) is 24.5 Å². The van der Waals surface area contributed by atoms with E-state index in [1.54, 1.807) is 6.20 Å². The standard InChI is InChI=1S/C11H13N3O/c1-2-8-9(6-14-11(8)13-3-1)10-7-12-4-5-15-10/h1-3,6,10,12H,4-5,7H2,(H,13,14)/t10-/m1/s1. The highest BCUT2D eigenvalue weighted by Crippen LogP contribution is 2.25. The van der Waals surface area contributed by atoms with Crippen molar-refractivity contribution in [3.8, 4) is 0 Å². The Bertz CT molecular complexity index is 460. The maximum absolute atomic E-state index is 5.72. The van der Waals surface area contributed by atoms with E-state index in [4.69, 9.17) is 4.74 Å². The van der Waals surface area contributed by atoms with E-state index in [0.717, 1.165) is 30.7 Å². The molecule has 3 rings (SSSR count). The molecule has 1 aliphatic rings. The molecule has 1 atom stereocenters. The Labute approximate surface area is 87.7 Å². The zero-order chi connectivity index (χ0) is 10.1. The Morgan fingerprint density at radius 2 is 2.47 bits per heavy atom. The number of rotatable bonds is 1. The summed E-state index contributed by atoms with van der Waals surface area (Å²) in [6.45, 7) is 2.59. The van der Waals surface area contributed by atoms with Crippen molar-refractivity contribution in [2.24, 2.45) is 0 Å². The van der Waals surface area contributed by atoms with E-state index in [0.29, 0.717) is 0 Å². The average Bonchev–Trinajstić information content (AvgIpc) is 2.74. The largest absolute Gasteiger partial charge is 0.371 e. The molecule has 0 aromatic carbocycles. The topological polar surface area (TPSA) is 49.9 Å². The summed E-state index contributed by atoms with van der Waals surface area (Å²) in [6, 6.07) is 4.03. The van der Waals surface area contributed by atoms with Gasteiger partial charge in [0.05, 0.1) is 12.7 Å². The lowest BCUT2D eigenvalue weighted by Crippen LogP contribution is -2.33. The first-order valence-electron chi connectivity index (χ1n) is 5.19. The smallest absolute Gasteiger partial charge is 0.137 e. The molecule has 3 heterocycles. The number of fused-ring (bicyclic) bond motifs is 1. The van der Waals surface area contributed by atoms with Gasteiger partial charge in [0.1, 0.15) is 5.65 Å². The van der Waals surface area contributed by atoms with Crippen LogP contribution in [0.1, 0.15) is 11.7 Å². The van der Waals surface area contributed by atoms with Gasteiger partial charge in [-0.2, -0.15) is 0 Å². The number of hydrogen-bond acceptors (Lipinski definition) is 3. The van der Waals surface area contributed by atoms with E-state index in [1.807, 2.05) is 12.3 Å². The molecule has 1 fully saturated rings. The van der Waals surface area contributed by atoms with E-state index in [9.17, 15) is 0 Å². The third-order valence-corrected chi connectivity index (χ3v) is 2.76. The van der Waals surface area contributed by atoms with Crippen LogP contribution in [-0.4, -0.2) is 29.7 Å². The van der Waals surface area contributed by atoms with Crippen LogP contribution in [-0.2, 0) is 4.74 Å². The quantitative estimate of drug-likeness (QED) is 0.732. The van der Waals surface area contributed by atoms with Gasteiger partial charge in [0, 0.05) is 36.4 Å². The Morgan fingerprint density at radius 3 is 3.33 bits per heavy atom. The fourth-order valence-corrected chi connectivity index (χ4v) is 2.01. The summed E-state index contributed by atoms with van der Waals surface area (Å²) in [5, 5.41) is 4.49. The zero-order valence-corrected chi connectivity index (χ0v) is 8.36. The zero-order valence-electron chi connectivity index (χ0n) is 8.36. The fraction of sp³-hybridized carbons (Fsp3) is 0.364. The van der Waals surface area contributed by atoms with Crippen LogP contribution in [0.25, 0.3) is 11.0 Å². The lowest BCUT2D eigenvalue weighted by Gasteiger charge is -2.23. The number of ether oxygens (including phenoxy) is 1. The van der Waals surface area contributed by atoms with Gasteiger partial charge in [-0.3, -0.25) is 0 Å². The third kappa shape index (κ3) is 1.52. The van der Waals surface area contributed by atoms with Crippen molar-refractivity contribution in [2.75, 3.05) is 19.7 Å². The molecule has 0 amide bonds. The third-order valence-electron chi connectivity index (χ3n) is 2.76. The van der Waals surface area contributed by atoms with E-state index < -0.39 is 0 Å². The molecule has 1 aliphatic heterocycles.